The van der Waals surface area contributed by atoms with Gasteiger partial charge in [0.1, 0.15) is 5.75 Å². The van der Waals surface area contributed by atoms with Crippen LogP contribution in [0, 0.1) is 5.92 Å². The summed E-state index contributed by atoms with van der Waals surface area (Å²) in [5, 5.41) is 9.94. The Morgan fingerprint density at radius 1 is 1.42 bits per heavy atom. The van der Waals surface area contributed by atoms with Gasteiger partial charge >= 0.3 is 5.97 Å². The molecule has 1 aliphatic rings. The molecule has 0 aliphatic carbocycles. The molecule has 2 atom stereocenters. The molecule has 0 bridgehead atoms. The molecule has 1 N–H and O–H groups in total. The van der Waals surface area contributed by atoms with Gasteiger partial charge in [0.25, 0.3) is 0 Å². The van der Waals surface area contributed by atoms with Gasteiger partial charge in [0.05, 0.1) is 6.61 Å². The Morgan fingerprint density at radius 2 is 2.05 bits per heavy atom. The first-order chi connectivity index (χ1) is 9.08. The molecule has 0 spiro atoms. The first-order valence-electron chi connectivity index (χ1n) is 6.79. The lowest BCUT2D eigenvalue weighted by molar-refractivity contribution is -0.159. The van der Waals surface area contributed by atoms with Crippen molar-refractivity contribution in [1.82, 2.24) is 4.90 Å². The van der Waals surface area contributed by atoms with Gasteiger partial charge in [0.15, 0.2) is 5.54 Å². The van der Waals surface area contributed by atoms with Crippen molar-refractivity contribution < 1.29 is 14.6 Å². The van der Waals surface area contributed by atoms with Crippen molar-refractivity contribution >= 4 is 5.97 Å². The molecule has 4 heteroatoms. The number of carboxylic acids is 1. The van der Waals surface area contributed by atoms with E-state index in [1.165, 1.54) is 0 Å². The number of nitrogens with zero attached hydrogens (tertiary/aromatic N) is 1. The number of para-hydroxylation sites is 1. The Hall–Kier alpha value is -1.55. The smallest absolute Gasteiger partial charge is 0.329 e. The van der Waals surface area contributed by atoms with E-state index in [1.807, 2.05) is 49.9 Å². The summed E-state index contributed by atoms with van der Waals surface area (Å²) >= 11 is 0. The van der Waals surface area contributed by atoms with Crippen molar-refractivity contribution in [2.75, 3.05) is 19.7 Å². The zero-order chi connectivity index (χ0) is 14.0. The second kappa shape index (κ2) is 5.21. The summed E-state index contributed by atoms with van der Waals surface area (Å²) in [6, 6.07) is 7.48. The van der Waals surface area contributed by atoms with Crippen LogP contribution in [0.3, 0.4) is 0 Å². The van der Waals surface area contributed by atoms with E-state index in [0.717, 1.165) is 5.56 Å². The third kappa shape index (κ3) is 1.91. The number of hydrogen-bond acceptors (Lipinski definition) is 3. The van der Waals surface area contributed by atoms with Crippen molar-refractivity contribution in [2.45, 2.75) is 26.3 Å². The minimum atomic E-state index is -0.988. The molecule has 0 fully saturated rings. The van der Waals surface area contributed by atoms with Crippen LogP contribution in [0.1, 0.15) is 26.3 Å². The predicted octanol–water partition coefficient (Wildman–Crippen LogP) is 2.34. The molecular formula is C15H21NO3. The Balaban J connectivity index is 2.67. The predicted molar refractivity (Wildman–Crippen MR) is 73.3 cm³/mol. The van der Waals surface area contributed by atoms with Gasteiger partial charge in [0, 0.05) is 11.5 Å². The first kappa shape index (κ1) is 13.9. The Kier molecular flexibility index (Phi) is 3.80. The number of carboxylic acid groups (broad SMARTS) is 1. The molecule has 0 amide bonds. The van der Waals surface area contributed by atoms with Gasteiger partial charge in [-0.15, -0.1) is 0 Å². The number of carbonyl (C=O) groups is 1. The Morgan fingerprint density at radius 3 is 2.63 bits per heavy atom. The van der Waals surface area contributed by atoms with Gasteiger partial charge in [-0.1, -0.05) is 39.0 Å². The van der Waals surface area contributed by atoms with Crippen LogP contribution in [0.5, 0.6) is 5.75 Å². The van der Waals surface area contributed by atoms with Gasteiger partial charge in [-0.25, -0.2) is 4.79 Å². The summed E-state index contributed by atoms with van der Waals surface area (Å²) in [7, 11) is 0. The quantitative estimate of drug-likeness (QED) is 0.906. The van der Waals surface area contributed by atoms with E-state index in [2.05, 4.69) is 0 Å². The molecular weight excluding hydrogens is 242 g/mol. The van der Waals surface area contributed by atoms with Crippen LogP contribution in [-0.2, 0) is 10.3 Å². The Bertz CT molecular complexity index is 470. The van der Waals surface area contributed by atoms with Crippen LogP contribution in [0.2, 0.25) is 0 Å². The molecule has 0 saturated carbocycles. The minimum absolute atomic E-state index is 0.0974. The molecule has 104 valence electrons. The van der Waals surface area contributed by atoms with Gasteiger partial charge in [0.2, 0.25) is 0 Å². The maximum Gasteiger partial charge on any atom is 0.329 e. The summed E-state index contributed by atoms with van der Waals surface area (Å²) < 4.78 is 5.69. The molecule has 1 aliphatic heterocycles. The number of hydrogen-bond donors (Lipinski definition) is 1. The monoisotopic (exact) mass is 263 g/mol. The molecule has 2 rings (SSSR count). The zero-order valence-electron chi connectivity index (χ0n) is 11.7. The van der Waals surface area contributed by atoms with Crippen molar-refractivity contribution in [3.63, 3.8) is 0 Å². The lowest BCUT2D eigenvalue weighted by atomic mass is 9.75. The number of fused-ring (bicyclic) bond motifs is 1. The molecule has 4 nitrogen and oxygen atoms in total. The highest BCUT2D eigenvalue weighted by atomic mass is 16.5. The summed E-state index contributed by atoms with van der Waals surface area (Å²) in [5.41, 5.74) is -0.219. The summed E-state index contributed by atoms with van der Waals surface area (Å²) in [5.74, 6) is -0.200. The van der Waals surface area contributed by atoms with Crippen LogP contribution in [-0.4, -0.2) is 35.7 Å². The van der Waals surface area contributed by atoms with Crippen LogP contribution in [0.15, 0.2) is 24.3 Å². The highest BCUT2D eigenvalue weighted by molar-refractivity contribution is 5.83. The maximum absolute atomic E-state index is 12.1. The van der Waals surface area contributed by atoms with Crippen molar-refractivity contribution in [2.24, 2.45) is 5.92 Å². The normalized spacial score (nSPS) is 25.8. The number of aliphatic carboxylic acids is 1. The highest BCUT2D eigenvalue weighted by Crippen LogP contribution is 2.44. The van der Waals surface area contributed by atoms with Crippen LogP contribution in [0.25, 0.3) is 0 Å². The van der Waals surface area contributed by atoms with Crippen LogP contribution < -0.4 is 4.74 Å². The van der Waals surface area contributed by atoms with E-state index in [-0.39, 0.29) is 5.92 Å². The van der Waals surface area contributed by atoms with Crippen molar-refractivity contribution in [3.05, 3.63) is 29.8 Å². The molecule has 1 aromatic rings. The number of benzene rings is 1. The van der Waals surface area contributed by atoms with E-state index in [1.54, 1.807) is 0 Å². The number of likely N-dealkylation sites (N-methyl/N-ethyl adjacent to an activating group) is 1. The fourth-order valence-corrected chi connectivity index (χ4v) is 3.17. The zero-order valence-corrected chi connectivity index (χ0v) is 11.7. The second-order valence-corrected chi connectivity index (χ2v) is 4.95. The Labute approximate surface area is 114 Å². The summed E-state index contributed by atoms with van der Waals surface area (Å²) in [6.45, 7) is 7.77. The van der Waals surface area contributed by atoms with Crippen molar-refractivity contribution in [3.8, 4) is 5.75 Å². The highest BCUT2D eigenvalue weighted by Gasteiger charge is 2.53. The van der Waals surface area contributed by atoms with Gasteiger partial charge in [-0.05, 0) is 19.2 Å². The number of ether oxygens (including phenoxy) is 1. The van der Waals surface area contributed by atoms with Gasteiger partial charge in [-0.3, -0.25) is 4.90 Å². The number of rotatable bonds is 4. The maximum atomic E-state index is 12.1. The largest absolute Gasteiger partial charge is 0.493 e. The van der Waals surface area contributed by atoms with E-state index in [9.17, 15) is 9.90 Å². The van der Waals surface area contributed by atoms with E-state index in [0.29, 0.717) is 25.4 Å². The molecule has 1 aromatic carbocycles. The third-order valence-corrected chi connectivity index (χ3v) is 4.09. The van der Waals surface area contributed by atoms with E-state index >= 15 is 0 Å². The lowest BCUT2D eigenvalue weighted by Gasteiger charge is -2.47. The van der Waals surface area contributed by atoms with E-state index in [4.69, 9.17) is 4.74 Å². The first-order valence-corrected chi connectivity index (χ1v) is 6.79. The van der Waals surface area contributed by atoms with Crippen LogP contribution >= 0.6 is 0 Å². The summed E-state index contributed by atoms with van der Waals surface area (Å²) in [4.78, 5) is 14.1. The molecule has 0 aromatic heterocycles. The van der Waals surface area contributed by atoms with Gasteiger partial charge < -0.3 is 9.84 Å². The standard InChI is InChI=1S/C15H21NO3/c1-4-16(5-2)15(14(17)18)11(3)10-19-13-9-7-6-8-12(13)15/h6-9,11H,4-5,10H2,1-3H3,(H,17,18). The minimum Gasteiger partial charge on any atom is -0.493 e. The SMILES string of the molecule is CCN(CC)C1(C(=O)O)c2ccccc2OCC1C. The van der Waals surface area contributed by atoms with Crippen LogP contribution in [0.4, 0.5) is 0 Å². The topological polar surface area (TPSA) is 49.8 Å². The third-order valence-electron chi connectivity index (χ3n) is 4.09. The van der Waals surface area contributed by atoms with Crippen molar-refractivity contribution in [1.29, 1.82) is 0 Å². The molecule has 2 unspecified atom stereocenters. The average Bonchev–Trinajstić information content (AvgIpc) is 2.42. The molecule has 19 heavy (non-hydrogen) atoms. The summed E-state index contributed by atoms with van der Waals surface area (Å²) in [6.07, 6.45) is 0. The van der Waals surface area contributed by atoms with Gasteiger partial charge in [-0.2, -0.15) is 0 Å². The average molecular weight is 263 g/mol. The fraction of sp³-hybridized carbons (Fsp3) is 0.533. The molecule has 0 radical (unpaired) electrons. The fourth-order valence-electron chi connectivity index (χ4n) is 3.17. The van der Waals surface area contributed by atoms with E-state index < -0.39 is 11.5 Å². The second-order valence-electron chi connectivity index (χ2n) is 4.95. The lowest BCUT2D eigenvalue weighted by Crippen LogP contribution is -2.59. The molecule has 0 saturated heterocycles. The molecule has 1 heterocycles.